The summed E-state index contributed by atoms with van der Waals surface area (Å²) in [7, 11) is 0. The second-order valence-electron chi connectivity index (χ2n) is 5.53. The molecule has 0 aliphatic rings. The summed E-state index contributed by atoms with van der Waals surface area (Å²) in [6.45, 7) is 1.97. The highest BCUT2D eigenvalue weighted by atomic mass is 32.2. The van der Waals surface area contributed by atoms with E-state index in [1.165, 1.54) is 0 Å². The largest absolute Gasteiger partial charge is 0.340 e. The molecule has 2 N–H and O–H groups in total. The topological polar surface area (TPSA) is 58.2 Å². The van der Waals surface area contributed by atoms with Gasteiger partial charge in [0, 0.05) is 11.3 Å². The van der Waals surface area contributed by atoms with Crippen molar-refractivity contribution in [2.24, 2.45) is 0 Å². The standard InChI is InChI=1S/C19H22N2O2S/c1-14-7-6-10-16(13-14)20-19(23)17(11-12-24-2)21-18(22)15-8-4-3-5-9-15/h3-10,13,17H,11-12H2,1-2H3,(H,20,23)(H,21,22)/t17-/m1/s1. The molecular formula is C19H22N2O2S. The van der Waals surface area contributed by atoms with Crippen molar-refractivity contribution in [3.05, 3.63) is 65.7 Å². The molecule has 0 aromatic heterocycles. The molecule has 2 amide bonds. The number of thioether (sulfide) groups is 1. The van der Waals surface area contributed by atoms with E-state index in [0.717, 1.165) is 17.0 Å². The number of nitrogens with one attached hydrogen (secondary N) is 2. The smallest absolute Gasteiger partial charge is 0.251 e. The van der Waals surface area contributed by atoms with Gasteiger partial charge >= 0.3 is 0 Å². The molecule has 4 nitrogen and oxygen atoms in total. The van der Waals surface area contributed by atoms with Crippen LogP contribution in [0.4, 0.5) is 5.69 Å². The van der Waals surface area contributed by atoms with Crippen LogP contribution >= 0.6 is 11.8 Å². The lowest BCUT2D eigenvalue weighted by atomic mass is 10.1. The number of hydrogen-bond acceptors (Lipinski definition) is 3. The van der Waals surface area contributed by atoms with E-state index >= 15 is 0 Å². The van der Waals surface area contributed by atoms with E-state index in [4.69, 9.17) is 0 Å². The molecule has 0 saturated carbocycles. The molecular weight excluding hydrogens is 320 g/mol. The summed E-state index contributed by atoms with van der Waals surface area (Å²) in [6, 6.07) is 16.0. The number of carbonyl (C=O) groups excluding carboxylic acids is 2. The molecule has 0 aliphatic heterocycles. The number of hydrogen-bond donors (Lipinski definition) is 2. The number of aryl methyl sites for hydroxylation is 1. The Morgan fingerprint density at radius 1 is 1.08 bits per heavy atom. The molecule has 24 heavy (non-hydrogen) atoms. The first-order valence-corrected chi connectivity index (χ1v) is 9.22. The zero-order valence-corrected chi connectivity index (χ0v) is 14.7. The van der Waals surface area contributed by atoms with E-state index in [9.17, 15) is 9.59 Å². The summed E-state index contributed by atoms with van der Waals surface area (Å²) in [5, 5.41) is 5.72. The van der Waals surface area contributed by atoms with Gasteiger partial charge in [-0.3, -0.25) is 9.59 Å². The Balaban J connectivity index is 2.06. The van der Waals surface area contributed by atoms with E-state index in [0.29, 0.717) is 12.0 Å². The number of rotatable bonds is 7. The van der Waals surface area contributed by atoms with Crippen LogP contribution < -0.4 is 10.6 Å². The summed E-state index contributed by atoms with van der Waals surface area (Å²) in [5.41, 5.74) is 2.36. The van der Waals surface area contributed by atoms with Crippen molar-refractivity contribution in [2.45, 2.75) is 19.4 Å². The predicted molar refractivity (Wildman–Crippen MR) is 101 cm³/mol. The van der Waals surface area contributed by atoms with Crippen LogP contribution in [0.1, 0.15) is 22.3 Å². The summed E-state index contributed by atoms with van der Waals surface area (Å²) < 4.78 is 0. The third kappa shape index (κ3) is 5.42. The van der Waals surface area contributed by atoms with Crippen molar-refractivity contribution < 1.29 is 9.59 Å². The SMILES string of the molecule is CSCC[C@@H](NC(=O)c1ccccc1)C(=O)Nc1cccc(C)c1. The molecule has 2 rings (SSSR count). The van der Waals surface area contributed by atoms with E-state index in [-0.39, 0.29) is 11.8 Å². The van der Waals surface area contributed by atoms with Crippen LogP contribution in [0.2, 0.25) is 0 Å². The minimum atomic E-state index is -0.564. The molecule has 2 aromatic carbocycles. The molecule has 5 heteroatoms. The van der Waals surface area contributed by atoms with Crippen LogP contribution in [0.5, 0.6) is 0 Å². The van der Waals surface area contributed by atoms with Gasteiger partial charge < -0.3 is 10.6 Å². The average Bonchev–Trinajstić information content (AvgIpc) is 2.59. The van der Waals surface area contributed by atoms with Crippen molar-refractivity contribution in [1.82, 2.24) is 5.32 Å². The highest BCUT2D eigenvalue weighted by Crippen LogP contribution is 2.11. The maximum absolute atomic E-state index is 12.6. The van der Waals surface area contributed by atoms with Crippen molar-refractivity contribution in [1.29, 1.82) is 0 Å². The van der Waals surface area contributed by atoms with Crippen molar-refractivity contribution in [3.8, 4) is 0 Å². The Labute approximate surface area is 147 Å². The Hall–Kier alpha value is -2.27. The van der Waals surface area contributed by atoms with Gasteiger partial charge in [-0.2, -0.15) is 11.8 Å². The van der Waals surface area contributed by atoms with Gasteiger partial charge in [-0.25, -0.2) is 0 Å². The zero-order chi connectivity index (χ0) is 17.4. The number of anilines is 1. The fraction of sp³-hybridized carbons (Fsp3) is 0.263. The summed E-state index contributed by atoms with van der Waals surface area (Å²) in [5.74, 6) is 0.362. The molecule has 0 unspecified atom stereocenters. The Bertz CT molecular complexity index is 689. The summed E-state index contributed by atoms with van der Waals surface area (Å²) in [6.07, 6.45) is 2.56. The quantitative estimate of drug-likeness (QED) is 0.810. The van der Waals surface area contributed by atoms with Crippen LogP contribution in [0, 0.1) is 6.92 Å². The van der Waals surface area contributed by atoms with Crippen LogP contribution in [0.15, 0.2) is 54.6 Å². The van der Waals surface area contributed by atoms with E-state index < -0.39 is 6.04 Å². The predicted octanol–water partition coefficient (Wildman–Crippen LogP) is 3.49. The van der Waals surface area contributed by atoms with E-state index in [1.54, 1.807) is 36.0 Å². The third-order valence-corrected chi connectivity index (χ3v) is 4.20. The summed E-state index contributed by atoms with van der Waals surface area (Å²) >= 11 is 1.65. The van der Waals surface area contributed by atoms with E-state index in [1.807, 2.05) is 43.5 Å². The monoisotopic (exact) mass is 342 g/mol. The highest BCUT2D eigenvalue weighted by Gasteiger charge is 2.21. The normalized spacial score (nSPS) is 11.6. The van der Waals surface area contributed by atoms with Gasteiger partial charge in [0.15, 0.2) is 0 Å². The maximum atomic E-state index is 12.6. The second kappa shape index (κ2) is 9.13. The van der Waals surface area contributed by atoms with Gasteiger partial charge in [-0.05, 0) is 55.2 Å². The van der Waals surface area contributed by atoms with Crippen LogP contribution in [0.3, 0.4) is 0 Å². The zero-order valence-electron chi connectivity index (χ0n) is 13.9. The van der Waals surface area contributed by atoms with Gasteiger partial charge in [0.1, 0.15) is 6.04 Å². The Morgan fingerprint density at radius 3 is 2.50 bits per heavy atom. The molecule has 1 atom stereocenters. The lowest BCUT2D eigenvalue weighted by molar-refractivity contribution is -0.118. The van der Waals surface area contributed by atoms with E-state index in [2.05, 4.69) is 10.6 Å². The Kier molecular flexibility index (Phi) is 6.88. The molecule has 2 aromatic rings. The average molecular weight is 342 g/mol. The minimum absolute atomic E-state index is 0.195. The van der Waals surface area contributed by atoms with Gasteiger partial charge in [-0.1, -0.05) is 30.3 Å². The van der Waals surface area contributed by atoms with Crippen LogP contribution in [-0.4, -0.2) is 29.9 Å². The lowest BCUT2D eigenvalue weighted by Crippen LogP contribution is -2.44. The fourth-order valence-corrected chi connectivity index (χ4v) is 2.76. The molecule has 0 radical (unpaired) electrons. The number of carbonyl (C=O) groups is 2. The minimum Gasteiger partial charge on any atom is -0.340 e. The first kappa shape index (κ1) is 18.1. The highest BCUT2D eigenvalue weighted by molar-refractivity contribution is 7.98. The van der Waals surface area contributed by atoms with Gasteiger partial charge in [0.25, 0.3) is 5.91 Å². The number of amides is 2. The van der Waals surface area contributed by atoms with Crippen molar-refractivity contribution in [3.63, 3.8) is 0 Å². The van der Waals surface area contributed by atoms with Gasteiger partial charge in [0.05, 0.1) is 0 Å². The molecule has 126 valence electrons. The molecule has 0 fully saturated rings. The molecule has 0 aliphatic carbocycles. The third-order valence-electron chi connectivity index (χ3n) is 3.55. The molecule has 0 spiro atoms. The lowest BCUT2D eigenvalue weighted by Gasteiger charge is -2.18. The molecule has 0 heterocycles. The molecule has 0 bridgehead atoms. The van der Waals surface area contributed by atoms with Crippen LogP contribution in [-0.2, 0) is 4.79 Å². The second-order valence-corrected chi connectivity index (χ2v) is 6.52. The van der Waals surface area contributed by atoms with Crippen LogP contribution in [0.25, 0.3) is 0 Å². The van der Waals surface area contributed by atoms with Gasteiger partial charge in [0.2, 0.25) is 5.91 Å². The van der Waals surface area contributed by atoms with Gasteiger partial charge in [-0.15, -0.1) is 0 Å². The van der Waals surface area contributed by atoms with Crippen molar-refractivity contribution >= 4 is 29.3 Å². The summed E-state index contributed by atoms with van der Waals surface area (Å²) in [4.78, 5) is 24.9. The first-order chi connectivity index (χ1) is 11.6. The Morgan fingerprint density at radius 2 is 1.83 bits per heavy atom. The van der Waals surface area contributed by atoms with Crippen molar-refractivity contribution in [2.75, 3.05) is 17.3 Å². The fourth-order valence-electron chi connectivity index (χ4n) is 2.29. The number of benzene rings is 2. The maximum Gasteiger partial charge on any atom is 0.251 e. The molecule has 0 saturated heterocycles. The first-order valence-electron chi connectivity index (χ1n) is 7.82.